The molecule has 0 saturated heterocycles. The van der Waals surface area contributed by atoms with Crippen LogP contribution < -0.4 is 0 Å². The van der Waals surface area contributed by atoms with Gasteiger partial charge in [-0.1, -0.05) is 59.6 Å². The first-order chi connectivity index (χ1) is 7.10. The monoisotopic (exact) mass is 210 g/mol. The minimum atomic E-state index is 0.768. The van der Waals surface area contributed by atoms with Crippen molar-refractivity contribution in [3.05, 3.63) is 12.2 Å². The van der Waals surface area contributed by atoms with Gasteiger partial charge in [0.15, 0.2) is 0 Å². The molecule has 0 saturated carbocycles. The molecule has 0 amide bonds. The lowest BCUT2D eigenvalue weighted by Crippen LogP contribution is -2.04. The minimum absolute atomic E-state index is 0.768. The molecule has 3 atom stereocenters. The molecular weight excluding hydrogens is 180 g/mol. The lowest BCUT2D eigenvalue weighted by molar-refractivity contribution is 0.367. The summed E-state index contributed by atoms with van der Waals surface area (Å²) in [6.45, 7) is 11.6. The third kappa shape index (κ3) is 8.72. The highest BCUT2D eigenvalue weighted by atomic mass is 14.1. The fourth-order valence-electron chi connectivity index (χ4n) is 1.98. The first-order valence-corrected chi connectivity index (χ1v) is 6.76. The van der Waals surface area contributed by atoms with Crippen LogP contribution in [0.5, 0.6) is 0 Å². The molecule has 0 fully saturated rings. The van der Waals surface area contributed by atoms with Crippen LogP contribution in [0.2, 0.25) is 0 Å². The van der Waals surface area contributed by atoms with Gasteiger partial charge in [0.2, 0.25) is 0 Å². The Labute approximate surface area is 97.2 Å². The van der Waals surface area contributed by atoms with Crippen LogP contribution in [-0.4, -0.2) is 0 Å². The Morgan fingerprint density at radius 2 is 1.60 bits per heavy atom. The van der Waals surface area contributed by atoms with E-state index in [0.29, 0.717) is 0 Å². The zero-order valence-electron chi connectivity index (χ0n) is 11.4. The summed E-state index contributed by atoms with van der Waals surface area (Å²) in [7, 11) is 0. The van der Waals surface area contributed by atoms with E-state index in [0.717, 1.165) is 17.8 Å². The predicted octanol–water partition coefficient (Wildman–Crippen LogP) is 5.44. The van der Waals surface area contributed by atoms with Crippen molar-refractivity contribution in [1.29, 1.82) is 0 Å². The number of allylic oxidation sites excluding steroid dienone is 2. The SMILES string of the molecule is CCC=CC(C)CCC(C)CC(C)CC. The third-order valence-corrected chi connectivity index (χ3v) is 3.32. The standard InChI is InChI=1S/C15H30/c1-6-8-9-14(4)10-11-15(5)12-13(3)7-2/h8-9,13-15H,6-7,10-12H2,1-5H3. The van der Waals surface area contributed by atoms with Crippen LogP contribution in [0.25, 0.3) is 0 Å². The van der Waals surface area contributed by atoms with Gasteiger partial charge in [-0.25, -0.2) is 0 Å². The molecule has 15 heavy (non-hydrogen) atoms. The van der Waals surface area contributed by atoms with Crippen LogP contribution in [0.15, 0.2) is 12.2 Å². The smallest absolute Gasteiger partial charge is 0.0262 e. The van der Waals surface area contributed by atoms with Gasteiger partial charge in [-0.2, -0.15) is 0 Å². The summed E-state index contributed by atoms with van der Waals surface area (Å²) >= 11 is 0. The molecule has 0 nitrogen and oxygen atoms in total. The van der Waals surface area contributed by atoms with Crippen molar-refractivity contribution in [3.63, 3.8) is 0 Å². The second-order valence-corrected chi connectivity index (χ2v) is 5.25. The first-order valence-electron chi connectivity index (χ1n) is 6.76. The largest absolute Gasteiger partial charge is 0.0885 e. The molecule has 0 heteroatoms. The molecule has 0 rings (SSSR count). The van der Waals surface area contributed by atoms with Crippen LogP contribution in [0.3, 0.4) is 0 Å². The number of hydrogen-bond acceptors (Lipinski definition) is 0. The Kier molecular flexibility index (Phi) is 8.85. The van der Waals surface area contributed by atoms with Gasteiger partial charge in [0.05, 0.1) is 0 Å². The normalized spacial score (nSPS) is 17.9. The maximum atomic E-state index is 2.41. The molecule has 0 aromatic carbocycles. The molecular formula is C15H30. The highest BCUT2D eigenvalue weighted by molar-refractivity contribution is 4.85. The molecule has 0 radical (unpaired) electrons. The van der Waals surface area contributed by atoms with E-state index in [-0.39, 0.29) is 0 Å². The molecule has 0 N–H and O–H groups in total. The Bertz CT molecular complexity index is 157. The highest BCUT2D eigenvalue weighted by Crippen LogP contribution is 2.21. The summed E-state index contributed by atoms with van der Waals surface area (Å²) in [6, 6.07) is 0. The van der Waals surface area contributed by atoms with Gasteiger partial charge >= 0.3 is 0 Å². The van der Waals surface area contributed by atoms with Crippen molar-refractivity contribution in [2.45, 2.75) is 66.7 Å². The summed E-state index contributed by atoms with van der Waals surface area (Å²) in [5.41, 5.74) is 0. The number of hydrogen-bond donors (Lipinski definition) is 0. The van der Waals surface area contributed by atoms with E-state index in [2.05, 4.69) is 46.8 Å². The van der Waals surface area contributed by atoms with Gasteiger partial charge in [0, 0.05) is 0 Å². The van der Waals surface area contributed by atoms with Crippen LogP contribution in [0, 0.1) is 17.8 Å². The molecule has 0 heterocycles. The fourth-order valence-corrected chi connectivity index (χ4v) is 1.98. The van der Waals surface area contributed by atoms with Gasteiger partial charge < -0.3 is 0 Å². The van der Waals surface area contributed by atoms with Gasteiger partial charge in [-0.3, -0.25) is 0 Å². The second kappa shape index (κ2) is 9.00. The summed E-state index contributed by atoms with van der Waals surface area (Å²) < 4.78 is 0. The van der Waals surface area contributed by atoms with E-state index < -0.39 is 0 Å². The van der Waals surface area contributed by atoms with Gasteiger partial charge in [0.25, 0.3) is 0 Å². The van der Waals surface area contributed by atoms with Crippen LogP contribution in [0.4, 0.5) is 0 Å². The average Bonchev–Trinajstić information content (AvgIpc) is 2.23. The zero-order chi connectivity index (χ0) is 11.7. The molecule has 90 valence electrons. The zero-order valence-corrected chi connectivity index (χ0v) is 11.4. The maximum Gasteiger partial charge on any atom is -0.0262 e. The van der Waals surface area contributed by atoms with Crippen molar-refractivity contribution < 1.29 is 0 Å². The van der Waals surface area contributed by atoms with Crippen LogP contribution in [-0.2, 0) is 0 Å². The molecule has 0 aliphatic rings. The predicted molar refractivity (Wildman–Crippen MR) is 71.1 cm³/mol. The van der Waals surface area contributed by atoms with Crippen molar-refractivity contribution in [2.24, 2.45) is 17.8 Å². The molecule has 0 aromatic heterocycles. The van der Waals surface area contributed by atoms with Gasteiger partial charge in [0.1, 0.15) is 0 Å². The molecule has 0 spiro atoms. The Morgan fingerprint density at radius 3 is 2.13 bits per heavy atom. The highest BCUT2D eigenvalue weighted by Gasteiger charge is 2.08. The van der Waals surface area contributed by atoms with E-state index in [1.165, 1.54) is 32.1 Å². The number of rotatable bonds is 8. The molecule has 0 aliphatic heterocycles. The van der Waals surface area contributed by atoms with Crippen molar-refractivity contribution in [1.82, 2.24) is 0 Å². The summed E-state index contributed by atoms with van der Waals surface area (Å²) in [5, 5.41) is 0. The van der Waals surface area contributed by atoms with Gasteiger partial charge in [-0.15, -0.1) is 0 Å². The van der Waals surface area contributed by atoms with E-state index in [9.17, 15) is 0 Å². The average molecular weight is 210 g/mol. The topological polar surface area (TPSA) is 0 Å². The summed E-state index contributed by atoms with van der Waals surface area (Å²) in [6.07, 6.45) is 11.3. The van der Waals surface area contributed by atoms with E-state index in [1.807, 2.05) is 0 Å². The van der Waals surface area contributed by atoms with Crippen molar-refractivity contribution >= 4 is 0 Å². The second-order valence-electron chi connectivity index (χ2n) is 5.25. The first kappa shape index (κ1) is 14.7. The van der Waals surface area contributed by atoms with E-state index in [4.69, 9.17) is 0 Å². The molecule has 0 bridgehead atoms. The van der Waals surface area contributed by atoms with Gasteiger partial charge in [-0.05, 0) is 37.0 Å². The van der Waals surface area contributed by atoms with Crippen molar-refractivity contribution in [3.8, 4) is 0 Å². The Hall–Kier alpha value is -0.260. The lowest BCUT2D eigenvalue weighted by atomic mass is 9.89. The van der Waals surface area contributed by atoms with E-state index in [1.54, 1.807) is 0 Å². The molecule has 3 unspecified atom stereocenters. The fraction of sp³-hybridized carbons (Fsp3) is 0.867. The third-order valence-electron chi connectivity index (χ3n) is 3.32. The lowest BCUT2D eigenvalue weighted by Gasteiger charge is -2.16. The molecule has 0 aliphatic carbocycles. The Morgan fingerprint density at radius 1 is 0.933 bits per heavy atom. The summed E-state index contributed by atoms with van der Waals surface area (Å²) in [5.74, 6) is 2.57. The van der Waals surface area contributed by atoms with Crippen LogP contribution in [0.1, 0.15) is 66.7 Å². The molecule has 0 aromatic rings. The maximum absolute atomic E-state index is 2.41. The summed E-state index contributed by atoms with van der Waals surface area (Å²) in [4.78, 5) is 0. The van der Waals surface area contributed by atoms with Crippen molar-refractivity contribution in [2.75, 3.05) is 0 Å². The Balaban J connectivity index is 3.61. The quantitative estimate of drug-likeness (QED) is 0.468. The van der Waals surface area contributed by atoms with Crippen LogP contribution >= 0.6 is 0 Å². The van der Waals surface area contributed by atoms with E-state index >= 15 is 0 Å². The minimum Gasteiger partial charge on any atom is -0.0885 e.